The Labute approximate surface area is 86.4 Å². The van der Waals surface area contributed by atoms with Crippen LogP contribution in [-0.4, -0.2) is 18.8 Å². The fourth-order valence-corrected chi connectivity index (χ4v) is 1.83. The van der Waals surface area contributed by atoms with Gasteiger partial charge in [-0.2, -0.15) is 0 Å². The predicted octanol–water partition coefficient (Wildman–Crippen LogP) is 1.19. The lowest BCUT2D eigenvalue weighted by molar-refractivity contribution is 0.0993. The lowest BCUT2D eigenvalue weighted by Gasteiger charge is -2.16. The van der Waals surface area contributed by atoms with Crippen molar-refractivity contribution in [2.45, 2.75) is 50.7 Å². The number of terminal acetylenes is 1. The zero-order valence-corrected chi connectivity index (χ0v) is 8.67. The molecule has 0 spiro atoms. The van der Waals surface area contributed by atoms with Gasteiger partial charge in [0, 0.05) is 19.1 Å². The van der Waals surface area contributed by atoms with Crippen LogP contribution in [0.15, 0.2) is 0 Å². The summed E-state index contributed by atoms with van der Waals surface area (Å²) in [5.74, 6) is 8.07. The van der Waals surface area contributed by atoms with Gasteiger partial charge in [0.25, 0.3) is 0 Å². The van der Waals surface area contributed by atoms with Gasteiger partial charge in [-0.15, -0.1) is 12.3 Å². The normalized spacial score (nSPS) is 23.3. The summed E-state index contributed by atoms with van der Waals surface area (Å²) < 4.78 is 5.54. The summed E-state index contributed by atoms with van der Waals surface area (Å²) in [7, 11) is 0. The number of hydrazine groups is 1. The van der Waals surface area contributed by atoms with E-state index < -0.39 is 0 Å². The van der Waals surface area contributed by atoms with Crippen molar-refractivity contribution in [3.63, 3.8) is 0 Å². The highest BCUT2D eigenvalue weighted by Crippen LogP contribution is 2.18. The van der Waals surface area contributed by atoms with Crippen LogP contribution in [0, 0.1) is 12.3 Å². The predicted molar refractivity (Wildman–Crippen MR) is 57.4 cm³/mol. The van der Waals surface area contributed by atoms with E-state index in [1.165, 1.54) is 12.8 Å². The van der Waals surface area contributed by atoms with Crippen LogP contribution in [0.3, 0.4) is 0 Å². The first-order valence-electron chi connectivity index (χ1n) is 5.38. The van der Waals surface area contributed by atoms with Gasteiger partial charge in [0.1, 0.15) is 0 Å². The highest BCUT2D eigenvalue weighted by molar-refractivity contribution is 4.85. The average molecular weight is 196 g/mol. The molecule has 0 saturated carbocycles. The van der Waals surface area contributed by atoms with E-state index in [4.69, 9.17) is 17.0 Å². The number of nitrogens with one attached hydrogen (secondary N) is 1. The molecule has 1 aliphatic rings. The van der Waals surface area contributed by atoms with Crippen LogP contribution in [0.4, 0.5) is 0 Å². The van der Waals surface area contributed by atoms with E-state index in [1.807, 2.05) is 0 Å². The molecule has 14 heavy (non-hydrogen) atoms. The molecule has 1 saturated heterocycles. The van der Waals surface area contributed by atoms with E-state index >= 15 is 0 Å². The molecule has 3 N–H and O–H groups in total. The van der Waals surface area contributed by atoms with Gasteiger partial charge in [-0.05, 0) is 32.1 Å². The number of nitrogens with two attached hydrogens (primary N) is 1. The molecule has 0 aromatic heterocycles. The van der Waals surface area contributed by atoms with E-state index in [0.717, 1.165) is 32.3 Å². The molecule has 2 unspecified atom stereocenters. The Balaban J connectivity index is 2.10. The molecule has 1 aliphatic heterocycles. The molecule has 0 aromatic carbocycles. The molecule has 2 atom stereocenters. The Morgan fingerprint density at radius 3 is 3.00 bits per heavy atom. The van der Waals surface area contributed by atoms with Crippen LogP contribution in [0.25, 0.3) is 0 Å². The molecule has 3 nitrogen and oxygen atoms in total. The van der Waals surface area contributed by atoms with Crippen molar-refractivity contribution in [3.05, 3.63) is 0 Å². The van der Waals surface area contributed by atoms with Crippen molar-refractivity contribution in [1.29, 1.82) is 0 Å². The lowest BCUT2D eigenvalue weighted by atomic mass is 10.0. The minimum atomic E-state index is 0.343. The Bertz CT molecular complexity index is 182. The van der Waals surface area contributed by atoms with Crippen molar-refractivity contribution >= 4 is 0 Å². The van der Waals surface area contributed by atoms with E-state index in [9.17, 15) is 0 Å². The maximum Gasteiger partial charge on any atom is 0.0576 e. The van der Waals surface area contributed by atoms with Crippen LogP contribution in [0.5, 0.6) is 0 Å². The summed E-state index contributed by atoms with van der Waals surface area (Å²) >= 11 is 0. The van der Waals surface area contributed by atoms with Crippen LogP contribution in [-0.2, 0) is 4.74 Å². The van der Waals surface area contributed by atoms with Gasteiger partial charge in [-0.1, -0.05) is 0 Å². The summed E-state index contributed by atoms with van der Waals surface area (Å²) in [6, 6.07) is 0.343. The minimum absolute atomic E-state index is 0.343. The van der Waals surface area contributed by atoms with Crippen LogP contribution >= 0.6 is 0 Å². The second-order valence-electron chi connectivity index (χ2n) is 3.82. The van der Waals surface area contributed by atoms with Gasteiger partial charge >= 0.3 is 0 Å². The molecule has 0 radical (unpaired) electrons. The van der Waals surface area contributed by atoms with Crippen molar-refractivity contribution < 1.29 is 4.74 Å². The summed E-state index contributed by atoms with van der Waals surface area (Å²) in [5, 5.41) is 0. The number of hydrogen-bond acceptors (Lipinski definition) is 3. The Morgan fingerprint density at radius 2 is 2.43 bits per heavy atom. The first-order valence-corrected chi connectivity index (χ1v) is 5.38. The molecule has 0 amide bonds. The topological polar surface area (TPSA) is 47.3 Å². The van der Waals surface area contributed by atoms with Crippen LogP contribution in [0.2, 0.25) is 0 Å². The molecule has 0 aromatic rings. The van der Waals surface area contributed by atoms with Gasteiger partial charge in [0.15, 0.2) is 0 Å². The third kappa shape index (κ3) is 4.10. The molecular weight excluding hydrogens is 176 g/mol. The smallest absolute Gasteiger partial charge is 0.0576 e. The van der Waals surface area contributed by atoms with Crippen molar-refractivity contribution in [3.8, 4) is 12.3 Å². The first kappa shape index (κ1) is 11.5. The average Bonchev–Trinajstić information content (AvgIpc) is 2.71. The second-order valence-corrected chi connectivity index (χ2v) is 3.82. The number of ether oxygens (including phenoxy) is 1. The van der Waals surface area contributed by atoms with Gasteiger partial charge < -0.3 is 4.74 Å². The molecule has 1 heterocycles. The Kier molecular flexibility index (Phi) is 5.62. The summed E-state index contributed by atoms with van der Waals surface area (Å²) in [6.07, 6.45) is 12.0. The van der Waals surface area contributed by atoms with E-state index in [1.54, 1.807) is 0 Å². The molecule has 1 fully saturated rings. The van der Waals surface area contributed by atoms with Gasteiger partial charge in [0.05, 0.1) is 6.10 Å². The van der Waals surface area contributed by atoms with Crippen LogP contribution in [0.1, 0.15) is 38.5 Å². The molecule has 1 rings (SSSR count). The summed E-state index contributed by atoms with van der Waals surface area (Å²) in [4.78, 5) is 0. The summed E-state index contributed by atoms with van der Waals surface area (Å²) in [5.41, 5.74) is 2.81. The van der Waals surface area contributed by atoms with E-state index in [-0.39, 0.29) is 0 Å². The third-order valence-corrected chi connectivity index (χ3v) is 2.73. The van der Waals surface area contributed by atoms with Crippen molar-refractivity contribution in [2.24, 2.45) is 5.84 Å². The maximum absolute atomic E-state index is 5.54. The SMILES string of the molecule is C#CCCC(CCC1CCCO1)NN. The standard InChI is InChI=1S/C11H20N2O/c1-2-3-5-10(13-12)7-8-11-6-4-9-14-11/h1,10-11,13H,3-9,12H2. The van der Waals surface area contributed by atoms with Gasteiger partial charge in [-0.25, -0.2) is 0 Å². The van der Waals surface area contributed by atoms with Gasteiger partial charge in [-0.3, -0.25) is 11.3 Å². The quantitative estimate of drug-likeness (QED) is 0.381. The number of hydrogen-bond donors (Lipinski definition) is 2. The molecule has 0 bridgehead atoms. The Morgan fingerprint density at radius 1 is 1.57 bits per heavy atom. The fourth-order valence-electron chi connectivity index (χ4n) is 1.83. The van der Waals surface area contributed by atoms with Crippen LogP contribution < -0.4 is 11.3 Å². The van der Waals surface area contributed by atoms with E-state index in [2.05, 4.69) is 11.3 Å². The highest BCUT2D eigenvalue weighted by Gasteiger charge is 2.16. The molecule has 3 heteroatoms. The second kappa shape index (κ2) is 6.83. The molecular formula is C11H20N2O. The van der Waals surface area contributed by atoms with E-state index in [0.29, 0.717) is 12.1 Å². The van der Waals surface area contributed by atoms with Gasteiger partial charge in [0.2, 0.25) is 0 Å². The zero-order valence-electron chi connectivity index (χ0n) is 8.67. The largest absolute Gasteiger partial charge is 0.378 e. The third-order valence-electron chi connectivity index (χ3n) is 2.73. The Hall–Kier alpha value is -0.560. The zero-order chi connectivity index (χ0) is 10.2. The van der Waals surface area contributed by atoms with Crippen molar-refractivity contribution in [1.82, 2.24) is 5.43 Å². The van der Waals surface area contributed by atoms with Crippen molar-refractivity contribution in [2.75, 3.05) is 6.61 Å². The number of rotatable bonds is 6. The maximum atomic E-state index is 5.54. The monoisotopic (exact) mass is 196 g/mol. The summed E-state index contributed by atoms with van der Waals surface area (Å²) in [6.45, 7) is 0.926. The highest BCUT2D eigenvalue weighted by atomic mass is 16.5. The lowest BCUT2D eigenvalue weighted by Crippen LogP contribution is -2.35. The molecule has 80 valence electrons. The minimum Gasteiger partial charge on any atom is -0.378 e. The fraction of sp³-hybridized carbons (Fsp3) is 0.818. The first-order chi connectivity index (χ1) is 6.86. The molecule has 0 aliphatic carbocycles.